The highest BCUT2D eigenvalue weighted by molar-refractivity contribution is 5.16. The van der Waals surface area contributed by atoms with Crippen LogP contribution in [-0.2, 0) is 4.74 Å². The van der Waals surface area contributed by atoms with Gasteiger partial charge in [-0.15, -0.1) is 0 Å². The monoisotopic (exact) mass is 176 g/mol. The lowest BCUT2D eigenvalue weighted by molar-refractivity contribution is -0.0210. The molecule has 1 atom stereocenters. The van der Waals surface area contributed by atoms with E-state index in [0.29, 0.717) is 0 Å². The third kappa shape index (κ3) is 2.08. The molecule has 0 aromatic heterocycles. The van der Waals surface area contributed by atoms with Crippen molar-refractivity contribution in [2.75, 3.05) is 26.7 Å². The van der Waals surface area contributed by atoms with Gasteiger partial charge >= 0.3 is 0 Å². The fourth-order valence-electron chi connectivity index (χ4n) is 1.57. The first-order valence-corrected chi connectivity index (χ1v) is 4.63. The van der Waals surface area contributed by atoms with Crippen molar-refractivity contribution in [3.63, 3.8) is 0 Å². The molecule has 0 aliphatic carbocycles. The van der Waals surface area contributed by atoms with Crippen LogP contribution >= 0.6 is 0 Å². The third-order valence-electron chi connectivity index (χ3n) is 2.35. The average Bonchev–Trinajstić information content (AvgIpc) is 2.19. The van der Waals surface area contributed by atoms with E-state index in [2.05, 4.69) is 24.1 Å². The van der Waals surface area contributed by atoms with Crippen LogP contribution < -0.4 is 0 Å². The summed E-state index contributed by atoms with van der Waals surface area (Å²) in [5.41, 5.74) is 1.16. The Labute approximate surface area is 79.1 Å². The molecule has 0 saturated carbocycles. The Balaban J connectivity index is 2.08. The first-order chi connectivity index (χ1) is 6.36. The highest BCUT2D eigenvalue weighted by Gasteiger charge is 2.18. The predicted octanol–water partition coefficient (Wildman–Crippen LogP) is 1.49. The molecule has 1 unspecified atom stereocenters. The summed E-state index contributed by atoms with van der Waals surface area (Å²) in [5.74, 6) is 0. The molecule has 0 amide bonds. The number of hydrogen-bond acceptors (Lipinski definition) is 2. The van der Waals surface area contributed by atoms with Crippen molar-refractivity contribution >= 4 is 0 Å². The molecule has 1 saturated heterocycles. The highest BCUT2D eigenvalue weighted by atomic mass is 16.5. The molecule has 1 aromatic rings. The Kier molecular flexibility index (Phi) is 2.62. The van der Waals surface area contributed by atoms with Gasteiger partial charge in [-0.1, -0.05) is 24.3 Å². The smallest absolute Gasteiger partial charge is 0.0958 e. The van der Waals surface area contributed by atoms with Crippen LogP contribution in [0.5, 0.6) is 0 Å². The van der Waals surface area contributed by atoms with Crippen LogP contribution in [-0.4, -0.2) is 31.6 Å². The maximum absolute atomic E-state index is 5.66. The molecular formula is C11H14NO. The van der Waals surface area contributed by atoms with Gasteiger partial charge in [0.25, 0.3) is 0 Å². The number of hydrogen-bond donors (Lipinski definition) is 0. The third-order valence-corrected chi connectivity index (χ3v) is 2.35. The van der Waals surface area contributed by atoms with Gasteiger partial charge in [0.05, 0.1) is 12.7 Å². The van der Waals surface area contributed by atoms with Gasteiger partial charge in [-0.05, 0) is 18.7 Å². The zero-order chi connectivity index (χ0) is 9.10. The molecule has 2 rings (SSSR count). The van der Waals surface area contributed by atoms with E-state index in [0.717, 1.165) is 25.3 Å². The average molecular weight is 176 g/mol. The zero-order valence-electron chi connectivity index (χ0n) is 7.86. The molecule has 13 heavy (non-hydrogen) atoms. The van der Waals surface area contributed by atoms with Crippen LogP contribution in [0.2, 0.25) is 0 Å². The zero-order valence-corrected chi connectivity index (χ0v) is 7.86. The topological polar surface area (TPSA) is 12.5 Å². The van der Waals surface area contributed by atoms with Crippen LogP contribution in [0.4, 0.5) is 0 Å². The van der Waals surface area contributed by atoms with Crippen molar-refractivity contribution in [3.05, 3.63) is 35.9 Å². The van der Waals surface area contributed by atoms with Crippen molar-refractivity contribution in [1.82, 2.24) is 4.90 Å². The SMILES string of the molecule is CN1CCOC(c2[c]cccc2)C1. The summed E-state index contributed by atoms with van der Waals surface area (Å²) >= 11 is 0. The van der Waals surface area contributed by atoms with Crippen molar-refractivity contribution in [2.24, 2.45) is 0 Å². The second kappa shape index (κ2) is 3.90. The van der Waals surface area contributed by atoms with Crippen LogP contribution in [0.15, 0.2) is 24.3 Å². The molecule has 2 heteroatoms. The number of benzene rings is 1. The van der Waals surface area contributed by atoms with Crippen LogP contribution in [0.25, 0.3) is 0 Å². The number of rotatable bonds is 1. The second-order valence-electron chi connectivity index (χ2n) is 3.44. The van der Waals surface area contributed by atoms with E-state index in [1.54, 1.807) is 0 Å². The Hall–Kier alpha value is -0.860. The fraction of sp³-hybridized carbons (Fsp3) is 0.455. The van der Waals surface area contributed by atoms with Crippen molar-refractivity contribution in [1.29, 1.82) is 0 Å². The molecule has 0 spiro atoms. The van der Waals surface area contributed by atoms with Gasteiger partial charge in [0.1, 0.15) is 0 Å². The lowest BCUT2D eigenvalue weighted by atomic mass is 10.1. The molecule has 1 radical (unpaired) electrons. The Bertz CT molecular complexity index is 260. The van der Waals surface area contributed by atoms with Gasteiger partial charge in [0, 0.05) is 13.1 Å². The summed E-state index contributed by atoms with van der Waals surface area (Å²) in [6, 6.07) is 11.2. The molecule has 1 aromatic carbocycles. The van der Waals surface area contributed by atoms with Crippen LogP contribution in [0.1, 0.15) is 11.7 Å². The summed E-state index contributed by atoms with van der Waals surface area (Å²) in [6.07, 6.45) is 0.208. The minimum atomic E-state index is 0.208. The van der Waals surface area contributed by atoms with E-state index >= 15 is 0 Å². The summed E-state index contributed by atoms with van der Waals surface area (Å²) in [6.45, 7) is 2.83. The van der Waals surface area contributed by atoms with Gasteiger partial charge in [-0.2, -0.15) is 0 Å². The summed E-state index contributed by atoms with van der Waals surface area (Å²) in [4.78, 5) is 2.29. The molecular weight excluding hydrogens is 162 g/mol. The van der Waals surface area contributed by atoms with Crippen molar-refractivity contribution < 1.29 is 4.74 Å². The maximum Gasteiger partial charge on any atom is 0.0958 e. The van der Waals surface area contributed by atoms with Gasteiger partial charge in [0.15, 0.2) is 0 Å². The van der Waals surface area contributed by atoms with E-state index < -0.39 is 0 Å². The molecule has 0 bridgehead atoms. The number of ether oxygens (including phenoxy) is 1. The van der Waals surface area contributed by atoms with Gasteiger partial charge in [0.2, 0.25) is 0 Å². The predicted molar refractivity (Wildman–Crippen MR) is 51.5 cm³/mol. The minimum Gasteiger partial charge on any atom is -0.371 e. The Morgan fingerprint density at radius 1 is 1.54 bits per heavy atom. The first kappa shape index (κ1) is 8.73. The standard InChI is InChI=1S/C11H14NO/c1-12-7-8-13-11(9-12)10-5-3-2-4-6-10/h2-5,11H,7-9H2,1H3. The van der Waals surface area contributed by atoms with Crippen molar-refractivity contribution in [3.8, 4) is 0 Å². The van der Waals surface area contributed by atoms with E-state index in [9.17, 15) is 0 Å². The quantitative estimate of drug-likeness (QED) is 0.642. The maximum atomic E-state index is 5.66. The normalized spacial score (nSPS) is 24.5. The number of nitrogens with zero attached hydrogens (tertiary/aromatic N) is 1. The summed E-state index contributed by atoms with van der Waals surface area (Å²) in [7, 11) is 2.12. The Morgan fingerprint density at radius 3 is 3.15 bits per heavy atom. The van der Waals surface area contributed by atoms with Gasteiger partial charge in [-0.25, -0.2) is 0 Å². The van der Waals surface area contributed by atoms with E-state index in [4.69, 9.17) is 4.74 Å². The molecule has 2 nitrogen and oxygen atoms in total. The van der Waals surface area contributed by atoms with Crippen LogP contribution in [0, 0.1) is 6.07 Å². The van der Waals surface area contributed by atoms with E-state index in [1.807, 2.05) is 18.2 Å². The molecule has 1 heterocycles. The van der Waals surface area contributed by atoms with Crippen molar-refractivity contribution in [2.45, 2.75) is 6.10 Å². The van der Waals surface area contributed by atoms with E-state index in [1.165, 1.54) is 0 Å². The molecule has 1 aliphatic heterocycles. The number of likely N-dealkylation sites (N-methyl/N-ethyl adjacent to an activating group) is 1. The second-order valence-corrected chi connectivity index (χ2v) is 3.44. The minimum absolute atomic E-state index is 0.208. The first-order valence-electron chi connectivity index (χ1n) is 4.63. The lowest BCUT2D eigenvalue weighted by Crippen LogP contribution is -2.35. The van der Waals surface area contributed by atoms with Crippen LogP contribution in [0.3, 0.4) is 0 Å². The highest BCUT2D eigenvalue weighted by Crippen LogP contribution is 2.20. The largest absolute Gasteiger partial charge is 0.371 e. The van der Waals surface area contributed by atoms with Gasteiger partial charge in [-0.3, -0.25) is 0 Å². The molecule has 0 N–H and O–H groups in total. The fourth-order valence-corrected chi connectivity index (χ4v) is 1.57. The molecule has 1 fully saturated rings. The summed E-state index contributed by atoms with van der Waals surface area (Å²) in [5, 5.41) is 0. The summed E-state index contributed by atoms with van der Waals surface area (Å²) < 4.78 is 5.66. The molecule has 69 valence electrons. The van der Waals surface area contributed by atoms with Gasteiger partial charge < -0.3 is 9.64 Å². The number of morpholine rings is 1. The molecule has 1 aliphatic rings. The van der Waals surface area contributed by atoms with E-state index in [-0.39, 0.29) is 6.10 Å². The Morgan fingerprint density at radius 2 is 2.46 bits per heavy atom. The lowest BCUT2D eigenvalue weighted by Gasteiger charge is -2.30.